The van der Waals surface area contributed by atoms with Gasteiger partial charge in [-0.25, -0.2) is 9.97 Å². The molecule has 3 heteroatoms. The third-order valence-electron chi connectivity index (χ3n) is 2.08. The highest BCUT2D eigenvalue weighted by atomic mass is 14.8. The van der Waals surface area contributed by atoms with Crippen molar-refractivity contribution in [2.24, 2.45) is 0 Å². The average molecular weight is 185 g/mol. The fourth-order valence-corrected chi connectivity index (χ4v) is 1.25. The van der Waals surface area contributed by atoms with Crippen molar-refractivity contribution >= 4 is 0 Å². The molecule has 70 valence electrons. The first-order chi connectivity index (χ1) is 6.90. The molecule has 2 aromatic rings. The summed E-state index contributed by atoms with van der Waals surface area (Å²) < 4.78 is 0. The van der Waals surface area contributed by atoms with Crippen LogP contribution in [0.2, 0.25) is 0 Å². The maximum absolute atomic E-state index is 4.32. The third-order valence-corrected chi connectivity index (χ3v) is 2.08. The van der Waals surface area contributed by atoms with E-state index in [1.165, 1.54) is 6.33 Å². The Hall–Kier alpha value is -1.77. The predicted octanol–water partition coefficient (Wildman–Crippen LogP) is 2.10. The predicted molar refractivity (Wildman–Crippen MR) is 54.6 cm³/mol. The van der Waals surface area contributed by atoms with Crippen LogP contribution in [0.4, 0.5) is 0 Å². The van der Waals surface area contributed by atoms with Crippen molar-refractivity contribution < 1.29 is 0 Å². The van der Waals surface area contributed by atoms with E-state index in [9.17, 15) is 0 Å². The molecule has 0 fully saturated rings. The number of hydrogen-bond acceptors (Lipinski definition) is 3. The zero-order valence-corrected chi connectivity index (χ0v) is 8.01. The van der Waals surface area contributed by atoms with E-state index in [0.29, 0.717) is 0 Å². The van der Waals surface area contributed by atoms with E-state index in [2.05, 4.69) is 21.9 Å². The zero-order chi connectivity index (χ0) is 9.80. The molecule has 0 radical (unpaired) electrons. The molecule has 0 N–H and O–H groups in total. The second kappa shape index (κ2) is 3.96. The average Bonchev–Trinajstić information content (AvgIpc) is 2.30. The molecule has 3 nitrogen and oxygen atoms in total. The molecule has 0 aromatic carbocycles. The topological polar surface area (TPSA) is 38.7 Å². The Morgan fingerprint density at radius 1 is 1.00 bits per heavy atom. The van der Waals surface area contributed by atoms with Gasteiger partial charge in [0.15, 0.2) is 0 Å². The van der Waals surface area contributed by atoms with Gasteiger partial charge in [0.05, 0.1) is 0 Å². The van der Waals surface area contributed by atoms with Crippen LogP contribution < -0.4 is 0 Å². The molecule has 2 aromatic heterocycles. The molecule has 0 aliphatic rings. The van der Waals surface area contributed by atoms with Crippen LogP contribution in [0, 0.1) is 0 Å². The Bertz CT molecular complexity index is 395. The van der Waals surface area contributed by atoms with Gasteiger partial charge < -0.3 is 0 Å². The lowest BCUT2D eigenvalue weighted by molar-refractivity contribution is 1.04. The maximum Gasteiger partial charge on any atom is 0.115 e. The molecule has 14 heavy (non-hydrogen) atoms. The van der Waals surface area contributed by atoms with Gasteiger partial charge in [-0.2, -0.15) is 0 Å². The van der Waals surface area contributed by atoms with Gasteiger partial charge in [-0.3, -0.25) is 4.98 Å². The van der Waals surface area contributed by atoms with Crippen molar-refractivity contribution in [2.45, 2.75) is 13.3 Å². The van der Waals surface area contributed by atoms with Crippen LogP contribution in [0.1, 0.15) is 12.6 Å². The van der Waals surface area contributed by atoms with Crippen LogP contribution in [0.15, 0.2) is 37.1 Å². The molecule has 0 saturated heterocycles. The van der Waals surface area contributed by atoms with E-state index in [-0.39, 0.29) is 0 Å². The summed E-state index contributed by atoms with van der Waals surface area (Å²) in [4.78, 5) is 12.2. The highest BCUT2D eigenvalue weighted by molar-refractivity contribution is 5.59. The van der Waals surface area contributed by atoms with Crippen molar-refractivity contribution in [2.75, 3.05) is 0 Å². The van der Waals surface area contributed by atoms with E-state index in [1.807, 2.05) is 18.3 Å². The standard InChI is InChI=1S/C11H11N3/c1-2-11-4-3-9(7-14-11)10-5-12-8-13-6-10/h3-8H,2H2,1H3. The molecule has 0 aliphatic carbocycles. The van der Waals surface area contributed by atoms with Gasteiger partial charge in [0.2, 0.25) is 0 Å². The van der Waals surface area contributed by atoms with E-state index in [1.54, 1.807) is 12.4 Å². The lowest BCUT2D eigenvalue weighted by Gasteiger charge is -2.00. The summed E-state index contributed by atoms with van der Waals surface area (Å²) in [6, 6.07) is 4.08. The van der Waals surface area contributed by atoms with Crippen molar-refractivity contribution in [3.63, 3.8) is 0 Å². The van der Waals surface area contributed by atoms with Gasteiger partial charge in [0.1, 0.15) is 6.33 Å². The molecule has 2 heterocycles. The molecule has 0 spiro atoms. The van der Waals surface area contributed by atoms with E-state index in [0.717, 1.165) is 23.2 Å². The normalized spacial score (nSPS) is 10.1. The monoisotopic (exact) mass is 185 g/mol. The fourth-order valence-electron chi connectivity index (χ4n) is 1.25. The van der Waals surface area contributed by atoms with Crippen molar-refractivity contribution in [3.8, 4) is 11.1 Å². The molecule has 0 aliphatic heterocycles. The summed E-state index contributed by atoms with van der Waals surface area (Å²) in [5.74, 6) is 0. The van der Waals surface area contributed by atoms with Crippen LogP contribution in [0.5, 0.6) is 0 Å². The van der Waals surface area contributed by atoms with Crippen LogP contribution in [-0.2, 0) is 6.42 Å². The van der Waals surface area contributed by atoms with E-state index >= 15 is 0 Å². The number of pyridine rings is 1. The Kier molecular flexibility index (Phi) is 2.49. The van der Waals surface area contributed by atoms with Gasteiger partial charge in [-0.05, 0) is 12.5 Å². The number of aryl methyl sites for hydroxylation is 1. The van der Waals surface area contributed by atoms with Gasteiger partial charge in [-0.15, -0.1) is 0 Å². The molecular formula is C11H11N3. The van der Waals surface area contributed by atoms with Gasteiger partial charge in [0, 0.05) is 35.4 Å². The number of rotatable bonds is 2. The van der Waals surface area contributed by atoms with E-state index < -0.39 is 0 Å². The Labute approximate surface area is 82.9 Å². The quantitative estimate of drug-likeness (QED) is 0.719. The summed E-state index contributed by atoms with van der Waals surface area (Å²) in [6.45, 7) is 2.09. The largest absolute Gasteiger partial charge is 0.261 e. The molecule has 0 amide bonds. The van der Waals surface area contributed by atoms with Crippen molar-refractivity contribution in [1.82, 2.24) is 15.0 Å². The third kappa shape index (κ3) is 1.76. The van der Waals surface area contributed by atoms with Crippen LogP contribution in [0.25, 0.3) is 11.1 Å². The van der Waals surface area contributed by atoms with Crippen LogP contribution in [0.3, 0.4) is 0 Å². The second-order valence-corrected chi connectivity index (χ2v) is 3.02. The molecular weight excluding hydrogens is 174 g/mol. The number of hydrogen-bond donors (Lipinski definition) is 0. The summed E-state index contributed by atoms with van der Waals surface area (Å²) in [5.41, 5.74) is 3.16. The molecule has 0 bridgehead atoms. The van der Waals surface area contributed by atoms with Crippen molar-refractivity contribution in [1.29, 1.82) is 0 Å². The summed E-state index contributed by atoms with van der Waals surface area (Å²) in [7, 11) is 0. The van der Waals surface area contributed by atoms with E-state index in [4.69, 9.17) is 0 Å². The Balaban J connectivity index is 2.34. The molecule has 0 saturated carbocycles. The number of nitrogens with zero attached hydrogens (tertiary/aromatic N) is 3. The highest BCUT2D eigenvalue weighted by Gasteiger charge is 1.97. The molecule has 0 unspecified atom stereocenters. The van der Waals surface area contributed by atoms with Gasteiger partial charge in [0.25, 0.3) is 0 Å². The minimum atomic E-state index is 0.964. The first kappa shape index (κ1) is 8.81. The SMILES string of the molecule is CCc1ccc(-c2cncnc2)cn1. The Morgan fingerprint density at radius 3 is 2.36 bits per heavy atom. The smallest absolute Gasteiger partial charge is 0.115 e. The van der Waals surface area contributed by atoms with Crippen LogP contribution in [-0.4, -0.2) is 15.0 Å². The zero-order valence-electron chi connectivity index (χ0n) is 8.01. The molecule has 0 atom stereocenters. The minimum absolute atomic E-state index is 0.964. The summed E-state index contributed by atoms with van der Waals surface area (Å²) >= 11 is 0. The summed E-state index contributed by atoms with van der Waals surface area (Å²) in [5, 5.41) is 0. The first-order valence-electron chi connectivity index (χ1n) is 4.60. The van der Waals surface area contributed by atoms with Crippen LogP contribution >= 0.6 is 0 Å². The summed E-state index contributed by atoms with van der Waals surface area (Å²) in [6.07, 6.45) is 7.92. The molecule has 2 rings (SSSR count). The Morgan fingerprint density at radius 2 is 1.79 bits per heavy atom. The minimum Gasteiger partial charge on any atom is -0.261 e. The van der Waals surface area contributed by atoms with Crippen molar-refractivity contribution in [3.05, 3.63) is 42.7 Å². The second-order valence-electron chi connectivity index (χ2n) is 3.02. The fraction of sp³-hybridized carbons (Fsp3) is 0.182. The van der Waals surface area contributed by atoms with Gasteiger partial charge >= 0.3 is 0 Å². The highest BCUT2D eigenvalue weighted by Crippen LogP contribution is 2.15. The first-order valence-corrected chi connectivity index (χ1v) is 4.60. The number of aromatic nitrogens is 3. The van der Waals surface area contributed by atoms with Gasteiger partial charge in [-0.1, -0.05) is 13.0 Å². The lowest BCUT2D eigenvalue weighted by atomic mass is 10.1. The maximum atomic E-state index is 4.32. The lowest BCUT2D eigenvalue weighted by Crippen LogP contribution is -1.87.